The highest BCUT2D eigenvalue weighted by molar-refractivity contribution is 5.88. The Morgan fingerprint density at radius 2 is 2.00 bits per heavy atom. The minimum absolute atomic E-state index is 0.167. The molecule has 0 aliphatic rings. The van der Waals surface area contributed by atoms with Gasteiger partial charge in [-0.25, -0.2) is 14.3 Å². The zero-order valence-corrected chi connectivity index (χ0v) is 14.2. The van der Waals surface area contributed by atoms with Crippen LogP contribution in [0.5, 0.6) is 0 Å². The largest absolute Gasteiger partial charge is 0.469 e. The van der Waals surface area contributed by atoms with Crippen molar-refractivity contribution in [2.45, 2.75) is 26.7 Å². The van der Waals surface area contributed by atoms with Crippen LogP contribution in [0.2, 0.25) is 0 Å². The average molecular weight is 349 g/mol. The van der Waals surface area contributed by atoms with E-state index < -0.39 is 18.5 Å². The van der Waals surface area contributed by atoms with Gasteiger partial charge in [0.05, 0.1) is 7.11 Å². The van der Waals surface area contributed by atoms with Crippen molar-refractivity contribution in [2.75, 3.05) is 20.3 Å². The number of hydrogen-bond acceptors (Lipinski definition) is 8. The number of carbonyl (C=O) groups is 3. The van der Waals surface area contributed by atoms with E-state index in [2.05, 4.69) is 25.1 Å². The van der Waals surface area contributed by atoms with Gasteiger partial charge >= 0.3 is 11.9 Å². The van der Waals surface area contributed by atoms with E-state index in [9.17, 15) is 14.4 Å². The first-order chi connectivity index (χ1) is 11.9. The molecule has 1 amide bonds. The Labute approximate surface area is 143 Å². The lowest BCUT2D eigenvalue weighted by atomic mass is 10.3. The van der Waals surface area contributed by atoms with Crippen LogP contribution >= 0.6 is 0 Å². The van der Waals surface area contributed by atoms with Gasteiger partial charge in [-0.2, -0.15) is 4.98 Å². The van der Waals surface area contributed by atoms with Crippen LogP contribution in [0.15, 0.2) is 6.07 Å². The number of amides is 1. The molecule has 0 radical (unpaired) electrons. The zero-order valence-electron chi connectivity index (χ0n) is 14.2. The normalized spacial score (nSPS) is 10.5. The lowest BCUT2D eigenvalue weighted by molar-refractivity contribution is -0.140. The Balaban J connectivity index is 1.83. The fraction of sp³-hybridized carbons (Fsp3) is 0.467. The van der Waals surface area contributed by atoms with E-state index >= 15 is 0 Å². The molecule has 0 bridgehead atoms. The molecule has 2 aromatic heterocycles. The summed E-state index contributed by atoms with van der Waals surface area (Å²) in [6.07, 6.45) is 0.637. The summed E-state index contributed by atoms with van der Waals surface area (Å²) in [5, 5.41) is 6.55. The Kier molecular flexibility index (Phi) is 5.98. The summed E-state index contributed by atoms with van der Waals surface area (Å²) >= 11 is 0. The van der Waals surface area contributed by atoms with Crippen LogP contribution in [0.1, 0.15) is 34.8 Å². The van der Waals surface area contributed by atoms with E-state index in [1.807, 2.05) is 13.8 Å². The van der Waals surface area contributed by atoms with Crippen molar-refractivity contribution < 1.29 is 23.9 Å². The molecular weight excluding hydrogens is 330 g/mol. The van der Waals surface area contributed by atoms with Gasteiger partial charge in [0.1, 0.15) is 0 Å². The molecule has 0 spiro atoms. The second-order valence-electron chi connectivity index (χ2n) is 5.29. The minimum Gasteiger partial charge on any atom is -0.469 e. The van der Waals surface area contributed by atoms with Crippen LogP contribution in [0.4, 0.5) is 0 Å². The molecule has 1 N–H and O–H groups in total. The molecule has 134 valence electrons. The molecule has 10 heteroatoms. The van der Waals surface area contributed by atoms with E-state index in [1.165, 1.54) is 11.6 Å². The molecule has 2 heterocycles. The van der Waals surface area contributed by atoms with E-state index in [4.69, 9.17) is 4.74 Å². The Bertz CT molecular complexity index is 801. The lowest BCUT2D eigenvalue weighted by Crippen LogP contribution is -2.30. The second-order valence-corrected chi connectivity index (χ2v) is 5.29. The minimum atomic E-state index is -0.813. The number of esters is 2. The number of carbonyl (C=O) groups excluding carboxylic acids is 3. The summed E-state index contributed by atoms with van der Waals surface area (Å²) in [6, 6.07) is 1.80. The third-order valence-corrected chi connectivity index (χ3v) is 3.24. The maximum Gasteiger partial charge on any atom is 0.378 e. The van der Waals surface area contributed by atoms with Gasteiger partial charge in [-0.05, 0) is 26.3 Å². The first-order valence-electron chi connectivity index (χ1n) is 7.62. The van der Waals surface area contributed by atoms with Crippen LogP contribution in [-0.2, 0) is 19.1 Å². The van der Waals surface area contributed by atoms with Crippen LogP contribution in [-0.4, -0.2) is 57.7 Å². The Hall–Kier alpha value is -3.04. The van der Waals surface area contributed by atoms with Gasteiger partial charge in [-0.3, -0.25) is 9.59 Å². The Morgan fingerprint density at radius 1 is 1.24 bits per heavy atom. The van der Waals surface area contributed by atoms with E-state index in [0.717, 1.165) is 11.4 Å². The quantitative estimate of drug-likeness (QED) is 0.545. The molecule has 0 saturated heterocycles. The van der Waals surface area contributed by atoms with Gasteiger partial charge in [0.15, 0.2) is 6.61 Å². The van der Waals surface area contributed by atoms with Gasteiger partial charge in [-0.1, -0.05) is 0 Å². The molecule has 2 rings (SSSR count). The van der Waals surface area contributed by atoms with Crippen LogP contribution in [0, 0.1) is 13.8 Å². The maximum absolute atomic E-state index is 11.9. The van der Waals surface area contributed by atoms with Crippen molar-refractivity contribution in [1.29, 1.82) is 0 Å². The van der Waals surface area contributed by atoms with Crippen LogP contribution in [0.25, 0.3) is 5.78 Å². The zero-order chi connectivity index (χ0) is 18.4. The molecule has 2 aromatic rings. The average Bonchev–Trinajstić information content (AvgIpc) is 3.00. The number of fused-ring (bicyclic) bond motifs is 1. The standard InChI is InChI=1S/C15H19N5O5/c1-9-7-10(2)20-15(17-9)18-13(19-20)14(23)25-8-11(21)16-6-4-5-12(22)24-3/h7H,4-6,8H2,1-3H3,(H,16,21). The first-order valence-corrected chi connectivity index (χ1v) is 7.62. The fourth-order valence-electron chi connectivity index (χ4n) is 2.06. The molecule has 0 aliphatic heterocycles. The maximum atomic E-state index is 11.9. The molecule has 0 unspecified atom stereocenters. The van der Waals surface area contributed by atoms with Crippen molar-refractivity contribution in [3.05, 3.63) is 23.3 Å². The highest BCUT2D eigenvalue weighted by atomic mass is 16.5. The molecular formula is C15H19N5O5. The van der Waals surface area contributed by atoms with Crippen molar-refractivity contribution in [3.63, 3.8) is 0 Å². The highest BCUT2D eigenvalue weighted by Gasteiger charge is 2.17. The SMILES string of the molecule is COC(=O)CCCNC(=O)COC(=O)c1nc2nc(C)cc(C)n2n1. The van der Waals surface area contributed by atoms with Gasteiger partial charge < -0.3 is 14.8 Å². The Morgan fingerprint density at radius 3 is 2.72 bits per heavy atom. The lowest BCUT2D eigenvalue weighted by Gasteiger charge is -2.04. The molecule has 0 aliphatic carbocycles. The topological polar surface area (TPSA) is 125 Å². The molecule has 10 nitrogen and oxygen atoms in total. The molecule has 0 aromatic carbocycles. The summed E-state index contributed by atoms with van der Waals surface area (Å²) in [7, 11) is 1.30. The van der Waals surface area contributed by atoms with Gasteiger partial charge in [0.2, 0.25) is 0 Å². The summed E-state index contributed by atoms with van der Waals surface area (Å²) in [5.41, 5.74) is 1.53. The van der Waals surface area contributed by atoms with E-state index in [0.29, 0.717) is 6.42 Å². The molecule has 0 saturated carbocycles. The van der Waals surface area contributed by atoms with Gasteiger partial charge in [0, 0.05) is 24.4 Å². The third kappa shape index (κ3) is 4.96. The van der Waals surface area contributed by atoms with Gasteiger partial charge in [0.25, 0.3) is 17.5 Å². The summed E-state index contributed by atoms with van der Waals surface area (Å²) in [4.78, 5) is 42.6. The first kappa shape index (κ1) is 18.3. The number of rotatable bonds is 7. The predicted molar refractivity (Wildman–Crippen MR) is 84.8 cm³/mol. The van der Waals surface area contributed by atoms with E-state index in [-0.39, 0.29) is 30.5 Å². The van der Waals surface area contributed by atoms with Crippen molar-refractivity contribution in [2.24, 2.45) is 0 Å². The molecule has 0 atom stereocenters. The molecule has 0 fully saturated rings. The number of ether oxygens (including phenoxy) is 2. The second kappa shape index (κ2) is 8.18. The summed E-state index contributed by atoms with van der Waals surface area (Å²) in [6.45, 7) is 3.44. The number of nitrogens with one attached hydrogen (secondary N) is 1. The number of aryl methyl sites for hydroxylation is 2. The van der Waals surface area contributed by atoms with Crippen LogP contribution < -0.4 is 5.32 Å². The summed E-state index contributed by atoms with van der Waals surface area (Å²) < 4.78 is 10.8. The fourth-order valence-corrected chi connectivity index (χ4v) is 2.06. The number of methoxy groups -OCH3 is 1. The highest BCUT2D eigenvalue weighted by Crippen LogP contribution is 2.06. The third-order valence-electron chi connectivity index (χ3n) is 3.24. The van der Waals surface area contributed by atoms with Crippen molar-refractivity contribution in [3.8, 4) is 0 Å². The molecule has 25 heavy (non-hydrogen) atoms. The monoisotopic (exact) mass is 349 g/mol. The number of hydrogen-bond donors (Lipinski definition) is 1. The van der Waals surface area contributed by atoms with Gasteiger partial charge in [-0.15, -0.1) is 5.10 Å². The van der Waals surface area contributed by atoms with Crippen LogP contribution in [0.3, 0.4) is 0 Å². The summed E-state index contributed by atoms with van der Waals surface area (Å²) in [5.74, 6) is -1.52. The predicted octanol–water partition coefficient (Wildman–Crippen LogP) is -0.0327. The van der Waals surface area contributed by atoms with E-state index in [1.54, 1.807) is 6.07 Å². The smallest absolute Gasteiger partial charge is 0.378 e. The number of nitrogens with zero attached hydrogens (tertiary/aromatic N) is 4. The van der Waals surface area contributed by atoms with Crippen molar-refractivity contribution >= 4 is 23.6 Å². The number of aromatic nitrogens is 4. The van der Waals surface area contributed by atoms with Crippen molar-refractivity contribution in [1.82, 2.24) is 24.9 Å².